The molecule has 0 aliphatic carbocycles. The van der Waals surface area contributed by atoms with E-state index in [0.29, 0.717) is 0 Å². The molecule has 2 nitrogen and oxygen atoms in total. The molecule has 1 rings (SSSR count). The third-order valence-electron chi connectivity index (χ3n) is 1.30. The molecule has 0 aliphatic rings. The van der Waals surface area contributed by atoms with E-state index in [-0.39, 0.29) is 0 Å². The molecule has 0 saturated heterocycles. The van der Waals surface area contributed by atoms with Crippen molar-refractivity contribution in [2.75, 3.05) is 0 Å². The summed E-state index contributed by atoms with van der Waals surface area (Å²) in [6.45, 7) is 4.04. The summed E-state index contributed by atoms with van der Waals surface area (Å²) >= 11 is 4.34. The summed E-state index contributed by atoms with van der Waals surface area (Å²) in [5.41, 5.74) is 2.25. The van der Waals surface area contributed by atoms with Gasteiger partial charge in [-0.05, 0) is 36.4 Å². The minimum atomic E-state index is 0.824. The zero-order chi connectivity index (χ0) is 7.72. The zero-order valence-corrected chi connectivity index (χ0v) is 9.97. The lowest BCUT2D eigenvalue weighted by molar-refractivity contribution is 0.994. The summed E-state index contributed by atoms with van der Waals surface area (Å²) in [6.07, 6.45) is 0. The summed E-state index contributed by atoms with van der Waals surface area (Å²) in [7, 11) is 0. The quantitative estimate of drug-likeness (QED) is 0.403. The van der Waals surface area contributed by atoms with E-state index in [9.17, 15) is 0 Å². The van der Waals surface area contributed by atoms with E-state index in [1.54, 1.807) is 0 Å². The van der Waals surface area contributed by atoms with Crippen LogP contribution in [0.1, 0.15) is 11.3 Å². The van der Waals surface area contributed by atoms with Crippen molar-refractivity contribution in [3.8, 4) is 0 Å². The Morgan fingerprint density at radius 3 is 2.20 bits per heavy atom. The first-order valence-electron chi connectivity index (χ1n) is 2.77. The van der Waals surface area contributed by atoms with E-state index >= 15 is 0 Å². The topological polar surface area (TPSA) is 25.8 Å². The van der Waals surface area contributed by atoms with Crippen LogP contribution >= 0.6 is 45.2 Å². The Morgan fingerprint density at radius 2 is 1.70 bits per heavy atom. The number of hydrogen-bond donors (Lipinski definition) is 0. The van der Waals surface area contributed by atoms with E-state index in [4.69, 9.17) is 0 Å². The molecular weight excluding hydrogens is 354 g/mol. The number of hydrogen-bond acceptors (Lipinski definition) is 2. The van der Waals surface area contributed by atoms with Gasteiger partial charge in [-0.2, -0.15) is 0 Å². The Labute approximate surface area is 87.1 Å². The molecule has 1 heterocycles. The molecule has 1 aromatic heterocycles. The lowest BCUT2D eigenvalue weighted by Gasteiger charge is -2.00. The highest BCUT2D eigenvalue weighted by atomic mass is 127. The first-order valence-corrected chi connectivity index (χ1v) is 4.93. The van der Waals surface area contributed by atoms with Crippen LogP contribution in [0, 0.1) is 21.4 Å². The average molecular weight is 360 g/mol. The van der Waals surface area contributed by atoms with Crippen molar-refractivity contribution in [2.45, 2.75) is 13.8 Å². The van der Waals surface area contributed by atoms with Gasteiger partial charge in [0.2, 0.25) is 0 Å². The molecular formula is C6H6I2N2. The summed E-state index contributed by atoms with van der Waals surface area (Å²) in [5.74, 6) is 0. The first kappa shape index (κ1) is 8.63. The Bertz CT molecular complexity index is 237. The third kappa shape index (κ3) is 1.77. The van der Waals surface area contributed by atoms with Crippen LogP contribution in [0.15, 0.2) is 0 Å². The molecule has 54 valence electrons. The number of aromatic nitrogens is 2. The average Bonchev–Trinajstić information content (AvgIpc) is 1.82. The van der Waals surface area contributed by atoms with Crippen molar-refractivity contribution in [3.63, 3.8) is 0 Å². The van der Waals surface area contributed by atoms with Crippen LogP contribution in [0.3, 0.4) is 0 Å². The highest BCUT2D eigenvalue weighted by Crippen LogP contribution is 2.12. The molecule has 0 amide bonds. The summed E-state index contributed by atoms with van der Waals surface area (Å²) in [5, 5.41) is 0. The van der Waals surface area contributed by atoms with Gasteiger partial charge in [0.25, 0.3) is 0 Å². The van der Waals surface area contributed by atoms with Crippen LogP contribution in [-0.4, -0.2) is 9.97 Å². The van der Waals surface area contributed by atoms with E-state index < -0.39 is 0 Å². The fourth-order valence-electron chi connectivity index (χ4n) is 0.561. The van der Waals surface area contributed by atoms with Gasteiger partial charge >= 0.3 is 0 Å². The molecule has 0 spiro atoms. The van der Waals surface area contributed by atoms with E-state index in [1.165, 1.54) is 5.56 Å². The second-order valence-electron chi connectivity index (χ2n) is 1.99. The predicted molar refractivity (Wildman–Crippen MR) is 56.9 cm³/mol. The van der Waals surface area contributed by atoms with Crippen LogP contribution in [-0.2, 0) is 0 Å². The highest BCUT2D eigenvalue weighted by molar-refractivity contribution is 14.1. The molecule has 1 aromatic rings. The maximum Gasteiger partial charge on any atom is 0.191 e. The molecule has 0 fully saturated rings. The van der Waals surface area contributed by atoms with Gasteiger partial charge in [0.05, 0.1) is 0 Å². The minimum absolute atomic E-state index is 0.824. The van der Waals surface area contributed by atoms with E-state index in [0.717, 1.165) is 13.2 Å². The fraction of sp³-hybridized carbons (Fsp3) is 0.333. The monoisotopic (exact) mass is 360 g/mol. The Balaban J connectivity index is 3.31. The molecule has 0 saturated carbocycles. The molecule has 4 heteroatoms. The number of rotatable bonds is 0. The maximum atomic E-state index is 4.20. The normalized spacial score (nSPS) is 10.0. The smallest absolute Gasteiger partial charge is 0.191 e. The van der Waals surface area contributed by atoms with Crippen molar-refractivity contribution in [2.24, 2.45) is 0 Å². The van der Waals surface area contributed by atoms with Crippen LogP contribution in [0.2, 0.25) is 0 Å². The van der Waals surface area contributed by atoms with Crippen LogP contribution in [0.4, 0.5) is 0 Å². The van der Waals surface area contributed by atoms with Gasteiger partial charge < -0.3 is 0 Å². The standard InChI is InChI=1S/C6H6I2N2/c1-3-4(2)9-6(8)10-5(3)7/h1-2H3. The third-order valence-corrected chi connectivity index (χ3v) is 2.84. The van der Waals surface area contributed by atoms with Crippen molar-refractivity contribution in [1.29, 1.82) is 0 Å². The molecule has 0 bridgehead atoms. The molecule has 10 heavy (non-hydrogen) atoms. The Kier molecular flexibility index (Phi) is 2.84. The number of aryl methyl sites for hydroxylation is 1. The van der Waals surface area contributed by atoms with Crippen LogP contribution in [0.5, 0.6) is 0 Å². The fourth-order valence-corrected chi connectivity index (χ4v) is 2.24. The van der Waals surface area contributed by atoms with Crippen molar-refractivity contribution in [3.05, 3.63) is 18.8 Å². The van der Waals surface area contributed by atoms with Gasteiger partial charge in [0, 0.05) is 33.8 Å². The summed E-state index contributed by atoms with van der Waals surface area (Å²) in [6, 6.07) is 0. The SMILES string of the molecule is Cc1nc(I)nc(I)c1C. The predicted octanol–water partition coefficient (Wildman–Crippen LogP) is 2.30. The van der Waals surface area contributed by atoms with Gasteiger partial charge in [-0.3, -0.25) is 0 Å². The van der Waals surface area contributed by atoms with Crippen LogP contribution in [0.25, 0.3) is 0 Å². The lowest BCUT2D eigenvalue weighted by Crippen LogP contribution is -1.97. The van der Waals surface area contributed by atoms with Gasteiger partial charge in [-0.1, -0.05) is 0 Å². The van der Waals surface area contributed by atoms with Gasteiger partial charge in [-0.25, -0.2) is 9.97 Å². The maximum absolute atomic E-state index is 4.20. The van der Waals surface area contributed by atoms with Crippen molar-refractivity contribution < 1.29 is 0 Å². The first-order chi connectivity index (χ1) is 4.61. The molecule has 0 aromatic carbocycles. The highest BCUT2D eigenvalue weighted by Gasteiger charge is 2.01. The lowest BCUT2D eigenvalue weighted by atomic mass is 10.3. The second kappa shape index (κ2) is 3.29. The van der Waals surface area contributed by atoms with E-state index in [1.807, 2.05) is 13.8 Å². The molecule has 0 N–H and O–H groups in total. The Morgan fingerprint density at radius 1 is 1.10 bits per heavy atom. The molecule has 0 unspecified atom stereocenters. The largest absolute Gasteiger partial charge is 0.228 e. The second-order valence-corrected chi connectivity index (χ2v) is 3.98. The molecule has 0 aliphatic heterocycles. The summed E-state index contributed by atoms with van der Waals surface area (Å²) < 4.78 is 1.87. The molecule has 0 radical (unpaired) electrons. The molecule has 0 atom stereocenters. The minimum Gasteiger partial charge on any atom is -0.228 e. The van der Waals surface area contributed by atoms with Crippen LogP contribution < -0.4 is 0 Å². The number of nitrogens with zero attached hydrogens (tertiary/aromatic N) is 2. The van der Waals surface area contributed by atoms with Gasteiger partial charge in [-0.15, -0.1) is 0 Å². The van der Waals surface area contributed by atoms with Gasteiger partial charge in [0.1, 0.15) is 3.70 Å². The van der Waals surface area contributed by atoms with Crippen molar-refractivity contribution >= 4 is 45.2 Å². The summed E-state index contributed by atoms with van der Waals surface area (Å²) in [4.78, 5) is 8.40. The number of halogens is 2. The Hall–Kier alpha value is 0.540. The van der Waals surface area contributed by atoms with E-state index in [2.05, 4.69) is 55.1 Å². The zero-order valence-electron chi connectivity index (χ0n) is 5.65. The van der Waals surface area contributed by atoms with Gasteiger partial charge in [0.15, 0.2) is 3.83 Å². The van der Waals surface area contributed by atoms with Crippen molar-refractivity contribution in [1.82, 2.24) is 9.97 Å².